The highest BCUT2D eigenvalue weighted by atomic mass is 32.2. The minimum Gasteiger partial charge on any atom is -0.334 e. The first kappa shape index (κ1) is 23.5. The van der Waals surface area contributed by atoms with Gasteiger partial charge < -0.3 is 10.6 Å². The van der Waals surface area contributed by atoms with Crippen LogP contribution in [0.25, 0.3) is 5.69 Å². The summed E-state index contributed by atoms with van der Waals surface area (Å²) >= 11 is 1.51. The average molecular weight is 476 g/mol. The predicted molar refractivity (Wildman–Crippen MR) is 132 cm³/mol. The fraction of sp³-hybridized carbons (Fsp3) is 0.192. The smallest absolute Gasteiger partial charge is 0.315 e. The number of halogens is 1. The fourth-order valence-corrected chi connectivity index (χ4v) is 4.33. The van der Waals surface area contributed by atoms with Crippen LogP contribution in [-0.4, -0.2) is 20.8 Å². The number of carbonyl (C=O) groups is 1. The lowest BCUT2D eigenvalue weighted by Gasteiger charge is -2.17. The van der Waals surface area contributed by atoms with Gasteiger partial charge in [0.15, 0.2) is 11.0 Å². The topological polar surface area (TPSA) is 71.8 Å². The summed E-state index contributed by atoms with van der Waals surface area (Å²) in [6.07, 6.45) is 0. The first-order chi connectivity index (χ1) is 16.5. The molecule has 2 amide bonds. The molecule has 4 aromatic rings. The number of aryl methyl sites for hydroxylation is 1. The van der Waals surface area contributed by atoms with Crippen molar-refractivity contribution in [2.45, 2.75) is 37.3 Å². The summed E-state index contributed by atoms with van der Waals surface area (Å²) in [6.45, 7) is 4.34. The largest absolute Gasteiger partial charge is 0.334 e. The SMILES string of the molecule is Cc1ccc(-n2c(SCc3ccc(F)cc3)nnc2C(C)NC(=O)NCc2ccccc2)cc1. The highest BCUT2D eigenvalue weighted by Gasteiger charge is 2.21. The van der Waals surface area contributed by atoms with E-state index in [-0.39, 0.29) is 17.9 Å². The summed E-state index contributed by atoms with van der Waals surface area (Å²) in [7, 11) is 0. The Hall–Kier alpha value is -3.65. The molecule has 0 fully saturated rings. The molecular formula is C26H26FN5OS. The molecule has 0 saturated carbocycles. The van der Waals surface area contributed by atoms with Gasteiger partial charge in [0, 0.05) is 18.0 Å². The van der Waals surface area contributed by atoms with Crippen LogP contribution >= 0.6 is 11.8 Å². The summed E-state index contributed by atoms with van der Waals surface area (Å²) in [6, 6.07) is 23.6. The van der Waals surface area contributed by atoms with E-state index < -0.39 is 0 Å². The van der Waals surface area contributed by atoms with Gasteiger partial charge in [-0.05, 0) is 49.2 Å². The fourth-order valence-electron chi connectivity index (χ4n) is 3.41. The van der Waals surface area contributed by atoms with Crippen molar-refractivity contribution in [2.75, 3.05) is 0 Å². The number of nitrogens with zero attached hydrogens (tertiary/aromatic N) is 3. The van der Waals surface area contributed by atoms with Gasteiger partial charge in [0.25, 0.3) is 0 Å². The van der Waals surface area contributed by atoms with Crippen LogP contribution < -0.4 is 10.6 Å². The molecule has 0 radical (unpaired) electrons. The van der Waals surface area contributed by atoms with E-state index >= 15 is 0 Å². The Balaban J connectivity index is 1.51. The molecule has 4 rings (SSSR count). The Morgan fingerprint density at radius 1 is 0.971 bits per heavy atom. The number of benzene rings is 3. The zero-order chi connectivity index (χ0) is 23.9. The second-order valence-electron chi connectivity index (χ2n) is 7.96. The van der Waals surface area contributed by atoms with Gasteiger partial charge in [0.05, 0.1) is 6.04 Å². The molecule has 2 N–H and O–H groups in total. The summed E-state index contributed by atoms with van der Waals surface area (Å²) in [4.78, 5) is 12.5. The number of amides is 2. The highest BCUT2D eigenvalue weighted by Crippen LogP contribution is 2.28. The van der Waals surface area contributed by atoms with Crippen molar-refractivity contribution in [3.05, 3.63) is 107 Å². The number of hydrogen-bond acceptors (Lipinski definition) is 4. The van der Waals surface area contributed by atoms with Crippen molar-refractivity contribution in [2.24, 2.45) is 0 Å². The molecule has 8 heteroatoms. The number of carbonyl (C=O) groups excluding carboxylic acids is 1. The average Bonchev–Trinajstić information content (AvgIpc) is 3.28. The maximum absolute atomic E-state index is 13.2. The van der Waals surface area contributed by atoms with Gasteiger partial charge in [-0.15, -0.1) is 10.2 Å². The van der Waals surface area contributed by atoms with Gasteiger partial charge >= 0.3 is 6.03 Å². The number of nitrogens with one attached hydrogen (secondary N) is 2. The summed E-state index contributed by atoms with van der Waals surface area (Å²) in [5.74, 6) is 0.980. The van der Waals surface area contributed by atoms with Crippen molar-refractivity contribution in [1.82, 2.24) is 25.4 Å². The van der Waals surface area contributed by atoms with Gasteiger partial charge in [-0.2, -0.15) is 0 Å². The molecule has 6 nitrogen and oxygen atoms in total. The van der Waals surface area contributed by atoms with Crippen molar-refractivity contribution < 1.29 is 9.18 Å². The number of aromatic nitrogens is 3. The lowest BCUT2D eigenvalue weighted by Crippen LogP contribution is -2.37. The standard InChI is InChI=1S/C26H26FN5OS/c1-18-8-14-23(15-9-18)32-24(19(2)29-25(33)28-16-20-6-4-3-5-7-20)30-31-26(32)34-17-21-10-12-22(27)13-11-21/h3-15,19H,16-17H2,1-2H3,(H2,28,29,33). The molecular weight excluding hydrogens is 449 g/mol. The molecule has 0 aliphatic carbocycles. The van der Waals surface area contributed by atoms with Crippen molar-refractivity contribution in [3.8, 4) is 5.69 Å². The lowest BCUT2D eigenvalue weighted by molar-refractivity contribution is 0.237. The van der Waals surface area contributed by atoms with E-state index in [0.29, 0.717) is 23.3 Å². The van der Waals surface area contributed by atoms with Crippen LogP contribution in [0.2, 0.25) is 0 Å². The maximum Gasteiger partial charge on any atom is 0.315 e. The monoisotopic (exact) mass is 475 g/mol. The van der Waals surface area contributed by atoms with E-state index in [1.165, 1.54) is 23.9 Å². The highest BCUT2D eigenvalue weighted by molar-refractivity contribution is 7.98. The third-order valence-electron chi connectivity index (χ3n) is 5.26. The molecule has 1 aromatic heterocycles. The quantitative estimate of drug-likeness (QED) is 0.327. The Morgan fingerprint density at radius 3 is 2.38 bits per heavy atom. The van der Waals surface area contributed by atoms with Crippen LogP contribution in [0.15, 0.2) is 84.0 Å². The maximum atomic E-state index is 13.2. The molecule has 0 aliphatic heterocycles. The van der Waals surface area contributed by atoms with Crippen molar-refractivity contribution in [1.29, 1.82) is 0 Å². The molecule has 0 aliphatic rings. The number of urea groups is 1. The van der Waals surface area contributed by atoms with E-state index in [4.69, 9.17) is 0 Å². The molecule has 0 spiro atoms. The Morgan fingerprint density at radius 2 is 1.68 bits per heavy atom. The minimum absolute atomic E-state index is 0.260. The molecule has 3 aromatic carbocycles. The third-order valence-corrected chi connectivity index (χ3v) is 6.26. The van der Waals surface area contributed by atoms with Crippen molar-refractivity contribution >= 4 is 17.8 Å². The van der Waals surface area contributed by atoms with E-state index in [0.717, 1.165) is 22.4 Å². The van der Waals surface area contributed by atoms with E-state index in [1.54, 1.807) is 12.1 Å². The molecule has 1 heterocycles. The molecule has 1 atom stereocenters. The zero-order valence-corrected chi connectivity index (χ0v) is 19.8. The van der Waals surface area contributed by atoms with Crippen molar-refractivity contribution in [3.63, 3.8) is 0 Å². The first-order valence-corrected chi connectivity index (χ1v) is 12.0. The van der Waals surface area contributed by atoms with Gasteiger partial charge in [-0.25, -0.2) is 9.18 Å². The first-order valence-electron chi connectivity index (χ1n) is 11.0. The second-order valence-corrected chi connectivity index (χ2v) is 8.90. The molecule has 1 unspecified atom stereocenters. The van der Waals surface area contributed by atoms with Gasteiger partial charge in [0.2, 0.25) is 0 Å². The van der Waals surface area contributed by atoms with Crippen LogP contribution in [-0.2, 0) is 12.3 Å². The Bertz CT molecular complexity index is 1230. The normalized spacial score (nSPS) is 11.7. The molecule has 0 saturated heterocycles. The van der Waals surface area contributed by atoms with E-state index in [9.17, 15) is 9.18 Å². The summed E-state index contributed by atoms with van der Waals surface area (Å²) in [5.41, 5.74) is 4.06. The molecule has 0 bridgehead atoms. The van der Waals surface area contributed by atoms with E-state index in [1.807, 2.05) is 73.0 Å². The number of hydrogen-bond donors (Lipinski definition) is 2. The number of thioether (sulfide) groups is 1. The van der Waals surface area contributed by atoms with Gasteiger partial charge in [-0.1, -0.05) is 71.9 Å². The van der Waals surface area contributed by atoms with Gasteiger partial charge in [0.1, 0.15) is 5.82 Å². The molecule has 34 heavy (non-hydrogen) atoms. The summed E-state index contributed by atoms with van der Waals surface area (Å²) in [5, 5.41) is 15.3. The van der Waals surface area contributed by atoms with Crippen LogP contribution in [0.5, 0.6) is 0 Å². The number of rotatable bonds is 8. The van der Waals surface area contributed by atoms with E-state index in [2.05, 4.69) is 20.8 Å². The van der Waals surface area contributed by atoms with Gasteiger partial charge in [-0.3, -0.25) is 4.57 Å². The second kappa shape index (κ2) is 11.0. The Kier molecular flexibility index (Phi) is 7.59. The third kappa shape index (κ3) is 6.02. The van der Waals surface area contributed by atoms with Crippen LogP contribution in [0.4, 0.5) is 9.18 Å². The zero-order valence-electron chi connectivity index (χ0n) is 19.0. The predicted octanol–water partition coefficient (Wildman–Crippen LogP) is 5.57. The summed E-state index contributed by atoms with van der Waals surface area (Å²) < 4.78 is 15.2. The Labute approximate surface area is 202 Å². The van der Waals surface area contributed by atoms with Crippen LogP contribution in [0.3, 0.4) is 0 Å². The minimum atomic E-state index is -0.384. The lowest BCUT2D eigenvalue weighted by atomic mass is 10.2. The van der Waals surface area contributed by atoms with Crippen LogP contribution in [0.1, 0.15) is 35.5 Å². The molecule has 174 valence electrons. The van der Waals surface area contributed by atoms with Crippen LogP contribution in [0, 0.1) is 12.7 Å².